The van der Waals surface area contributed by atoms with Crippen molar-refractivity contribution in [1.82, 2.24) is 4.90 Å². The van der Waals surface area contributed by atoms with Crippen molar-refractivity contribution in [2.24, 2.45) is 0 Å². The SMILES string of the molecule is COC(=O)c1c(N)cccc1CN(CC#N)CC#N. The third kappa shape index (κ3) is 3.70. The molecule has 0 aliphatic rings. The Balaban J connectivity index is 3.07. The summed E-state index contributed by atoms with van der Waals surface area (Å²) in [6.45, 7) is 0.489. The van der Waals surface area contributed by atoms with Gasteiger partial charge in [-0.25, -0.2) is 4.79 Å². The van der Waals surface area contributed by atoms with E-state index in [9.17, 15) is 4.79 Å². The summed E-state index contributed by atoms with van der Waals surface area (Å²) in [5, 5.41) is 17.4. The molecule has 0 bridgehead atoms. The number of nitrogens with zero attached hydrogens (tertiary/aromatic N) is 3. The second-order valence-electron chi connectivity index (χ2n) is 3.83. The van der Waals surface area contributed by atoms with E-state index in [0.717, 1.165) is 0 Å². The second-order valence-corrected chi connectivity index (χ2v) is 3.83. The summed E-state index contributed by atoms with van der Waals surface area (Å²) in [5.74, 6) is -0.526. The third-order valence-electron chi connectivity index (χ3n) is 2.56. The molecule has 0 aliphatic carbocycles. The first-order chi connectivity index (χ1) is 9.13. The Morgan fingerprint density at radius 2 is 2.00 bits per heavy atom. The Hall–Kier alpha value is -2.57. The zero-order valence-electron chi connectivity index (χ0n) is 10.6. The molecule has 6 nitrogen and oxygen atoms in total. The van der Waals surface area contributed by atoms with Crippen LogP contribution in [0, 0.1) is 22.7 Å². The predicted molar refractivity (Wildman–Crippen MR) is 68.7 cm³/mol. The van der Waals surface area contributed by atoms with Crippen molar-refractivity contribution in [3.63, 3.8) is 0 Å². The van der Waals surface area contributed by atoms with Gasteiger partial charge in [-0.2, -0.15) is 10.5 Å². The molecule has 0 amide bonds. The molecule has 0 saturated heterocycles. The highest BCUT2D eigenvalue weighted by Crippen LogP contribution is 2.19. The van der Waals surface area contributed by atoms with Crippen molar-refractivity contribution in [1.29, 1.82) is 10.5 Å². The molecule has 1 aromatic rings. The predicted octanol–water partition coefficient (Wildman–Crippen LogP) is 0.905. The van der Waals surface area contributed by atoms with E-state index in [1.807, 2.05) is 12.1 Å². The number of rotatable bonds is 5. The highest BCUT2D eigenvalue weighted by Gasteiger charge is 2.17. The number of nitrogens with two attached hydrogens (primary N) is 1. The molecular formula is C13H14N4O2. The number of ether oxygens (including phenoxy) is 1. The highest BCUT2D eigenvalue weighted by atomic mass is 16.5. The Labute approximate surface area is 111 Å². The van der Waals surface area contributed by atoms with Gasteiger partial charge in [-0.05, 0) is 11.6 Å². The summed E-state index contributed by atoms with van der Waals surface area (Å²) in [6, 6.07) is 9.00. The van der Waals surface area contributed by atoms with Crippen LogP contribution in [0.3, 0.4) is 0 Å². The lowest BCUT2D eigenvalue weighted by molar-refractivity contribution is 0.0600. The molecule has 0 aliphatic heterocycles. The molecule has 0 aromatic heterocycles. The van der Waals surface area contributed by atoms with Gasteiger partial charge in [0.25, 0.3) is 0 Å². The second kappa shape index (κ2) is 7.00. The number of carbonyl (C=O) groups excluding carboxylic acids is 1. The number of nitriles is 2. The minimum absolute atomic E-state index is 0.100. The summed E-state index contributed by atoms with van der Waals surface area (Å²) >= 11 is 0. The van der Waals surface area contributed by atoms with Crippen LogP contribution >= 0.6 is 0 Å². The topological polar surface area (TPSA) is 103 Å². The zero-order valence-corrected chi connectivity index (χ0v) is 10.6. The standard InChI is InChI=1S/C13H14N4O2/c1-19-13(18)12-10(3-2-4-11(12)16)9-17(7-5-14)8-6-15/h2-4H,7-9,16H2,1H3. The Bertz CT molecular complexity index is 527. The van der Waals surface area contributed by atoms with Gasteiger partial charge >= 0.3 is 5.97 Å². The first kappa shape index (κ1) is 14.5. The maximum atomic E-state index is 11.7. The van der Waals surface area contributed by atoms with Crippen LogP contribution in [0.4, 0.5) is 5.69 Å². The van der Waals surface area contributed by atoms with Gasteiger partial charge < -0.3 is 10.5 Å². The molecule has 0 atom stereocenters. The number of hydrogen-bond acceptors (Lipinski definition) is 6. The number of hydrogen-bond donors (Lipinski definition) is 1. The molecule has 19 heavy (non-hydrogen) atoms. The molecule has 1 rings (SSSR count). The van der Waals surface area contributed by atoms with Crippen LogP contribution in [0.15, 0.2) is 18.2 Å². The van der Waals surface area contributed by atoms with E-state index in [-0.39, 0.29) is 25.2 Å². The normalized spacial score (nSPS) is 9.68. The first-order valence-corrected chi connectivity index (χ1v) is 5.56. The smallest absolute Gasteiger partial charge is 0.340 e. The Kier molecular flexibility index (Phi) is 5.34. The maximum Gasteiger partial charge on any atom is 0.340 e. The van der Waals surface area contributed by atoms with Crippen LogP contribution in [-0.4, -0.2) is 31.1 Å². The lowest BCUT2D eigenvalue weighted by atomic mass is 10.0. The van der Waals surface area contributed by atoms with Crippen LogP contribution in [0.1, 0.15) is 15.9 Å². The molecule has 0 saturated carbocycles. The molecule has 98 valence electrons. The Morgan fingerprint density at radius 3 is 2.53 bits per heavy atom. The van der Waals surface area contributed by atoms with E-state index in [2.05, 4.69) is 0 Å². The minimum atomic E-state index is -0.526. The zero-order chi connectivity index (χ0) is 14.3. The van der Waals surface area contributed by atoms with Crippen LogP contribution in [0.2, 0.25) is 0 Å². The minimum Gasteiger partial charge on any atom is -0.465 e. The summed E-state index contributed by atoms with van der Waals surface area (Å²) in [5.41, 5.74) is 7.01. The van der Waals surface area contributed by atoms with Gasteiger partial charge in [0, 0.05) is 12.2 Å². The van der Waals surface area contributed by atoms with Gasteiger partial charge in [0.05, 0.1) is 37.9 Å². The molecular weight excluding hydrogens is 244 g/mol. The van der Waals surface area contributed by atoms with E-state index >= 15 is 0 Å². The van der Waals surface area contributed by atoms with Crippen LogP contribution in [0.5, 0.6) is 0 Å². The molecule has 0 heterocycles. The van der Waals surface area contributed by atoms with Gasteiger partial charge in [0.2, 0.25) is 0 Å². The molecule has 0 radical (unpaired) electrons. The van der Waals surface area contributed by atoms with Crippen LogP contribution < -0.4 is 5.73 Å². The molecule has 6 heteroatoms. The van der Waals surface area contributed by atoms with Gasteiger partial charge in [0.15, 0.2) is 0 Å². The number of nitrogen functional groups attached to an aromatic ring is 1. The van der Waals surface area contributed by atoms with Crippen molar-refractivity contribution in [2.45, 2.75) is 6.54 Å². The molecule has 1 aromatic carbocycles. The highest BCUT2D eigenvalue weighted by molar-refractivity contribution is 5.96. The average molecular weight is 258 g/mol. The van der Waals surface area contributed by atoms with Crippen molar-refractivity contribution in [2.75, 3.05) is 25.9 Å². The van der Waals surface area contributed by atoms with E-state index in [1.54, 1.807) is 23.1 Å². The number of methoxy groups -OCH3 is 1. The van der Waals surface area contributed by atoms with Gasteiger partial charge in [-0.1, -0.05) is 12.1 Å². The lowest BCUT2D eigenvalue weighted by Crippen LogP contribution is -2.25. The van der Waals surface area contributed by atoms with Crippen molar-refractivity contribution in [3.05, 3.63) is 29.3 Å². The van der Waals surface area contributed by atoms with Crippen molar-refractivity contribution >= 4 is 11.7 Å². The largest absolute Gasteiger partial charge is 0.465 e. The van der Waals surface area contributed by atoms with E-state index < -0.39 is 5.97 Å². The quantitative estimate of drug-likeness (QED) is 0.478. The van der Waals surface area contributed by atoms with Gasteiger partial charge in [0.1, 0.15) is 0 Å². The number of benzene rings is 1. The van der Waals surface area contributed by atoms with Crippen LogP contribution in [0.25, 0.3) is 0 Å². The van der Waals surface area contributed by atoms with Gasteiger partial charge in [-0.3, -0.25) is 4.90 Å². The van der Waals surface area contributed by atoms with Crippen molar-refractivity contribution in [3.8, 4) is 12.1 Å². The molecule has 0 unspecified atom stereocenters. The average Bonchev–Trinajstić information content (AvgIpc) is 2.39. The summed E-state index contributed by atoms with van der Waals surface area (Å²) < 4.78 is 4.69. The maximum absolute atomic E-state index is 11.7. The van der Waals surface area contributed by atoms with E-state index in [4.69, 9.17) is 21.0 Å². The third-order valence-corrected chi connectivity index (χ3v) is 2.56. The van der Waals surface area contributed by atoms with Crippen LogP contribution in [-0.2, 0) is 11.3 Å². The molecule has 2 N–H and O–H groups in total. The lowest BCUT2D eigenvalue weighted by Gasteiger charge is -2.17. The number of carbonyl (C=O) groups is 1. The monoisotopic (exact) mass is 258 g/mol. The van der Waals surface area contributed by atoms with Gasteiger partial charge in [-0.15, -0.1) is 0 Å². The fourth-order valence-electron chi connectivity index (χ4n) is 1.71. The van der Waals surface area contributed by atoms with E-state index in [0.29, 0.717) is 11.3 Å². The van der Waals surface area contributed by atoms with E-state index in [1.165, 1.54) is 7.11 Å². The summed E-state index contributed by atoms with van der Waals surface area (Å²) in [6.07, 6.45) is 0. The fraction of sp³-hybridized carbons (Fsp3) is 0.308. The molecule has 0 spiro atoms. The number of esters is 1. The number of anilines is 1. The first-order valence-electron chi connectivity index (χ1n) is 5.56. The summed E-state index contributed by atoms with van der Waals surface area (Å²) in [4.78, 5) is 13.3. The van der Waals surface area contributed by atoms with Crippen molar-refractivity contribution < 1.29 is 9.53 Å². The summed E-state index contributed by atoms with van der Waals surface area (Å²) in [7, 11) is 1.28. The Morgan fingerprint density at radius 1 is 1.37 bits per heavy atom. The molecule has 0 fully saturated rings. The fourth-order valence-corrected chi connectivity index (χ4v) is 1.71.